The first-order chi connectivity index (χ1) is 11.5. The molecule has 0 bridgehead atoms. The number of amides is 3. The van der Waals surface area contributed by atoms with Crippen LogP contribution in [-0.4, -0.2) is 54.0 Å². The van der Waals surface area contributed by atoms with Crippen molar-refractivity contribution in [3.63, 3.8) is 0 Å². The molecule has 2 fully saturated rings. The van der Waals surface area contributed by atoms with E-state index in [0.717, 1.165) is 24.0 Å². The Labute approximate surface area is 144 Å². The lowest BCUT2D eigenvalue weighted by molar-refractivity contribution is 0.0663. The average Bonchev–Trinajstić information content (AvgIpc) is 3.10. The van der Waals surface area contributed by atoms with Crippen LogP contribution in [-0.2, 0) is 0 Å². The van der Waals surface area contributed by atoms with E-state index in [1.54, 1.807) is 0 Å². The standard InChI is InChI=1S/C19H27N3O2/c1-14-7-8-16(13-15(14)2)18(23)21-9-11-22(12-10-21)19(24)20-17-5-3-4-6-17/h7-8,13,17H,3-6,9-12H2,1-2H3,(H,20,24). The van der Waals surface area contributed by atoms with Crippen LogP contribution < -0.4 is 5.32 Å². The number of hydrogen-bond acceptors (Lipinski definition) is 2. The minimum absolute atomic E-state index is 0.0279. The Morgan fingerprint density at radius 3 is 2.21 bits per heavy atom. The molecule has 0 atom stereocenters. The van der Waals surface area contributed by atoms with Gasteiger partial charge in [-0.15, -0.1) is 0 Å². The molecule has 1 saturated carbocycles. The molecule has 2 aliphatic rings. The Morgan fingerprint density at radius 2 is 1.58 bits per heavy atom. The van der Waals surface area contributed by atoms with Crippen molar-refractivity contribution in [3.8, 4) is 0 Å². The molecule has 3 amide bonds. The Balaban J connectivity index is 1.53. The van der Waals surface area contributed by atoms with Gasteiger partial charge in [0.15, 0.2) is 0 Å². The van der Waals surface area contributed by atoms with Crippen LogP contribution in [0.4, 0.5) is 4.79 Å². The predicted molar refractivity (Wildman–Crippen MR) is 94.2 cm³/mol. The first-order valence-electron chi connectivity index (χ1n) is 8.96. The zero-order chi connectivity index (χ0) is 17.1. The zero-order valence-electron chi connectivity index (χ0n) is 14.7. The maximum absolute atomic E-state index is 12.6. The second kappa shape index (κ2) is 7.24. The Hall–Kier alpha value is -2.04. The van der Waals surface area contributed by atoms with E-state index >= 15 is 0 Å². The normalized spacial score (nSPS) is 18.8. The highest BCUT2D eigenvalue weighted by molar-refractivity contribution is 5.94. The monoisotopic (exact) mass is 329 g/mol. The molecular weight excluding hydrogens is 302 g/mol. The second-order valence-electron chi connectivity index (χ2n) is 7.01. The van der Waals surface area contributed by atoms with Gasteiger partial charge in [0, 0.05) is 37.8 Å². The van der Waals surface area contributed by atoms with Crippen molar-refractivity contribution < 1.29 is 9.59 Å². The predicted octanol–water partition coefficient (Wildman–Crippen LogP) is 2.71. The maximum Gasteiger partial charge on any atom is 0.317 e. The molecule has 0 spiro atoms. The summed E-state index contributed by atoms with van der Waals surface area (Å²) in [6, 6.07) is 6.21. The summed E-state index contributed by atoms with van der Waals surface area (Å²) >= 11 is 0. The third-order valence-corrected chi connectivity index (χ3v) is 5.29. The molecule has 0 aromatic heterocycles. The number of piperazine rings is 1. The molecule has 1 aromatic rings. The van der Waals surface area contributed by atoms with Gasteiger partial charge in [0.05, 0.1) is 0 Å². The number of carbonyl (C=O) groups is 2. The van der Waals surface area contributed by atoms with Crippen LogP contribution >= 0.6 is 0 Å². The van der Waals surface area contributed by atoms with E-state index in [1.807, 2.05) is 41.8 Å². The van der Waals surface area contributed by atoms with Crippen LogP contribution in [0.3, 0.4) is 0 Å². The van der Waals surface area contributed by atoms with Gasteiger partial charge in [-0.05, 0) is 49.9 Å². The van der Waals surface area contributed by atoms with Crippen molar-refractivity contribution in [1.29, 1.82) is 0 Å². The summed E-state index contributed by atoms with van der Waals surface area (Å²) in [4.78, 5) is 28.6. The molecule has 1 heterocycles. The zero-order valence-corrected chi connectivity index (χ0v) is 14.7. The fraction of sp³-hybridized carbons (Fsp3) is 0.579. The van der Waals surface area contributed by atoms with E-state index < -0.39 is 0 Å². The van der Waals surface area contributed by atoms with Crippen LogP contribution in [0, 0.1) is 13.8 Å². The van der Waals surface area contributed by atoms with Gasteiger partial charge in [0.25, 0.3) is 5.91 Å². The Kier molecular flexibility index (Phi) is 5.07. The first-order valence-corrected chi connectivity index (χ1v) is 8.96. The lowest BCUT2D eigenvalue weighted by atomic mass is 10.1. The fourth-order valence-electron chi connectivity index (χ4n) is 3.51. The number of carbonyl (C=O) groups excluding carboxylic acids is 2. The van der Waals surface area contributed by atoms with Crippen molar-refractivity contribution in [1.82, 2.24) is 15.1 Å². The second-order valence-corrected chi connectivity index (χ2v) is 7.01. The van der Waals surface area contributed by atoms with Gasteiger partial charge in [0.1, 0.15) is 0 Å². The third kappa shape index (κ3) is 3.71. The number of benzene rings is 1. The van der Waals surface area contributed by atoms with E-state index in [0.29, 0.717) is 32.2 Å². The minimum atomic E-state index is 0.0279. The number of nitrogens with one attached hydrogen (secondary N) is 1. The van der Waals surface area contributed by atoms with Gasteiger partial charge in [-0.2, -0.15) is 0 Å². The maximum atomic E-state index is 12.6. The third-order valence-electron chi connectivity index (χ3n) is 5.29. The van der Waals surface area contributed by atoms with E-state index in [1.165, 1.54) is 18.4 Å². The number of rotatable bonds is 2. The summed E-state index contributed by atoms with van der Waals surface area (Å²) in [5.41, 5.74) is 3.07. The quantitative estimate of drug-likeness (QED) is 0.907. The molecule has 5 heteroatoms. The summed E-state index contributed by atoms with van der Waals surface area (Å²) in [5.74, 6) is 0.0638. The van der Waals surface area contributed by atoms with Crippen LogP contribution in [0.1, 0.15) is 47.2 Å². The highest BCUT2D eigenvalue weighted by Crippen LogP contribution is 2.18. The molecule has 1 aromatic carbocycles. The Morgan fingerprint density at radius 1 is 0.958 bits per heavy atom. The number of aryl methyl sites for hydroxylation is 2. The molecule has 24 heavy (non-hydrogen) atoms. The van der Waals surface area contributed by atoms with E-state index in [9.17, 15) is 9.59 Å². The molecule has 1 N–H and O–H groups in total. The van der Waals surface area contributed by atoms with Gasteiger partial charge < -0.3 is 15.1 Å². The minimum Gasteiger partial charge on any atom is -0.335 e. The molecule has 1 saturated heterocycles. The van der Waals surface area contributed by atoms with Crippen LogP contribution in [0.5, 0.6) is 0 Å². The van der Waals surface area contributed by atoms with Crippen LogP contribution in [0.2, 0.25) is 0 Å². The molecule has 0 unspecified atom stereocenters. The average molecular weight is 329 g/mol. The summed E-state index contributed by atoms with van der Waals surface area (Å²) in [6.07, 6.45) is 4.61. The summed E-state index contributed by atoms with van der Waals surface area (Å²) in [5, 5.41) is 3.12. The van der Waals surface area contributed by atoms with Crippen LogP contribution in [0.15, 0.2) is 18.2 Å². The molecule has 130 valence electrons. The summed E-state index contributed by atoms with van der Waals surface area (Å²) in [6.45, 7) is 6.49. The van der Waals surface area contributed by atoms with Gasteiger partial charge in [-0.1, -0.05) is 18.9 Å². The molecule has 1 aliphatic heterocycles. The molecule has 5 nitrogen and oxygen atoms in total. The number of hydrogen-bond donors (Lipinski definition) is 1. The van der Waals surface area contributed by atoms with E-state index in [-0.39, 0.29) is 11.9 Å². The highest BCUT2D eigenvalue weighted by atomic mass is 16.2. The van der Waals surface area contributed by atoms with Gasteiger partial charge in [-0.25, -0.2) is 4.79 Å². The van der Waals surface area contributed by atoms with Crippen molar-refractivity contribution in [2.24, 2.45) is 0 Å². The molecular formula is C19H27N3O2. The SMILES string of the molecule is Cc1ccc(C(=O)N2CCN(C(=O)NC3CCCC3)CC2)cc1C. The molecule has 1 aliphatic carbocycles. The van der Waals surface area contributed by atoms with Gasteiger partial charge in [-0.3, -0.25) is 4.79 Å². The van der Waals surface area contributed by atoms with Crippen molar-refractivity contribution in [3.05, 3.63) is 34.9 Å². The van der Waals surface area contributed by atoms with Gasteiger partial charge in [0.2, 0.25) is 0 Å². The summed E-state index contributed by atoms with van der Waals surface area (Å²) < 4.78 is 0. The lowest BCUT2D eigenvalue weighted by Gasteiger charge is -2.35. The van der Waals surface area contributed by atoms with Crippen molar-refractivity contribution in [2.45, 2.75) is 45.6 Å². The van der Waals surface area contributed by atoms with Gasteiger partial charge >= 0.3 is 6.03 Å². The summed E-state index contributed by atoms with van der Waals surface area (Å²) in [7, 11) is 0. The smallest absolute Gasteiger partial charge is 0.317 e. The highest BCUT2D eigenvalue weighted by Gasteiger charge is 2.26. The van der Waals surface area contributed by atoms with E-state index in [2.05, 4.69) is 5.32 Å². The van der Waals surface area contributed by atoms with Crippen LogP contribution in [0.25, 0.3) is 0 Å². The first kappa shape index (κ1) is 16.8. The number of urea groups is 1. The fourth-order valence-corrected chi connectivity index (χ4v) is 3.51. The van der Waals surface area contributed by atoms with Crippen molar-refractivity contribution in [2.75, 3.05) is 26.2 Å². The topological polar surface area (TPSA) is 52.7 Å². The Bertz CT molecular complexity index is 615. The largest absolute Gasteiger partial charge is 0.335 e. The van der Waals surface area contributed by atoms with Crippen molar-refractivity contribution >= 4 is 11.9 Å². The lowest BCUT2D eigenvalue weighted by Crippen LogP contribution is -2.54. The molecule has 0 radical (unpaired) electrons. The molecule has 3 rings (SSSR count). The number of nitrogens with zero attached hydrogens (tertiary/aromatic N) is 2. The van der Waals surface area contributed by atoms with E-state index in [4.69, 9.17) is 0 Å².